The van der Waals surface area contributed by atoms with E-state index in [9.17, 15) is 5.11 Å². The molecule has 60 valence electrons. The molecular weight excluding hydrogens is 136 g/mol. The van der Waals surface area contributed by atoms with E-state index in [2.05, 4.69) is 13.0 Å². The van der Waals surface area contributed by atoms with Crippen LogP contribution in [0.1, 0.15) is 29.7 Å². The summed E-state index contributed by atoms with van der Waals surface area (Å²) in [7, 11) is 0. The van der Waals surface area contributed by atoms with Crippen molar-refractivity contribution in [3.63, 3.8) is 0 Å². The fourth-order valence-electron chi connectivity index (χ4n) is 1.23. The van der Waals surface area contributed by atoms with E-state index < -0.39 is 0 Å². The molecule has 0 radical (unpaired) electrons. The molecule has 0 unspecified atom stereocenters. The molecule has 0 saturated heterocycles. The van der Waals surface area contributed by atoms with Crippen molar-refractivity contribution in [3.05, 3.63) is 34.9 Å². The van der Waals surface area contributed by atoms with E-state index in [1.54, 1.807) is 6.92 Å². The van der Waals surface area contributed by atoms with E-state index in [1.165, 1.54) is 11.1 Å². The van der Waals surface area contributed by atoms with E-state index in [0.29, 0.717) is 0 Å². The summed E-state index contributed by atoms with van der Waals surface area (Å²) in [5, 5.41) is 9.33. The second-order valence-electron chi connectivity index (χ2n) is 2.97. The first-order valence-corrected chi connectivity index (χ1v) is 3.87. The van der Waals surface area contributed by atoms with Gasteiger partial charge in [-0.3, -0.25) is 0 Å². The number of rotatable bonds is 1. The third-order valence-corrected chi connectivity index (χ3v) is 2.10. The Bertz CT molecular complexity index is 251. The Morgan fingerprint density at radius 2 is 1.91 bits per heavy atom. The van der Waals surface area contributed by atoms with Crippen molar-refractivity contribution in [1.82, 2.24) is 0 Å². The number of aliphatic hydroxyl groups excluding tert-OH is 1. The summed E-state index contributed by atoms with van der Waals surface area (Å²) in [4.78, 5) is 0. The van der Waals surface area contributed by atoms with Gasteiger partial charge in [0.2, 0.25) is 0 Å². The van der Waals surface area contributed by atoms with Gasteiger partial charge in [0.05, 0.1) is 6.10 Å². The zero-order valence-corrected chi connectivity index (χ0v) is 7.26. The summed E-state index contributed by atoms with van der Waals surface area (Å²) in [5.41, 5.74) is 3.47. The average molecular weight is 150 g/mol. The van der Waals surface area contributed by atoms with Gasteiger partial charge < -0.3 is 5.11 Å². The molecule has 0 bridgehead atoms. The minimum atomic E-state index is -0.352. The third-order valence-electron chi connectivity index (χ3n) is 2.10. The molecule has 1 nitrogen and oxygen atoms in total. The highest BCUT2D eigenvalue weighted by atomic mass is 16.3. The van der Waals surface area contributed by atoms with Crippen molar-refractivity contribution in [1.29, 1.82) is 0 Å². The zero-order chi connectivity index (χ0) is 8.43. The van der Waals surface area contributed by atoms with E-state index >= 15 is 0 Å². The first-order chi connectivity index (χ1) is 5.13. The summed E-state index contributed by atoms with van der Waals surface area (Å²) < 4.78 is 0. The van der Waals surface area contributed by atoms with Crippen LogP contribution in [0, 0.1) is 13.8 Å². The van der Waals surface area contributed by atoms with Crippen LogP contribution in [-0.4, -0.2) is 5.11 Å². The van der Waals surface area contributed by atoms with Gasteiger partial charge in [-0.05, 0) is 37.5 Å². The van der Waals surface area contributed by atoms with Gasteiger partial charge >= 0.3 is 0 Å². The SMILES string of the molecule is Cc1cccc([C@@H](C)O)c1C. The van der Waals surface area contributed by atoms with Gasteiger partial charge in [0.15, 0.2) is 0 Å². The lowest BCUT2D eigenvalue weighted by Gasteiger charge is -2.10. The topological polar surface area (TPSA) is 20.2 Å². The Balaban J connectivity index is 3.17. The average Bonchev–Trinajstić information content (AvgIpc) is 1.94. The highest BCUT2D eigenvalue weighted by molar-refractivity contribution is 5.34. The highest BCUT2D eigenvalue weighted by Crippen LogP contribution is 2.19. The van der Waals surface area contributed by atoms with Crippen LogP contribution in [0.25, 0.3) is 0 Å². The molecule has 0 heterocycles. The molecule has 0 amide bonds. The van der Waals surface area contributed by atoms with Gasteiger partial charge in [-0.25, -0.2) is 0 Å². The Morgan fingerprint density at radius 3 is 2.36 bits per heavy atom. The maximum atomic E-state index is 9.33. The van der Waals surface area contributed by atoms with E-state index in [1.807, 2.05) is 19.1 Å². The van der Waals surface area contributed by atoms with E-state index in [4.69, 9.17) is 0 Å². The molecule has 0 saturated carbocycles. The minimum Gasteiger partial charge on any atom is -0.389 e. The monoisotopic (exact) mass is 150 g/mol. The molecule has 0 aliphatic carbocycles. The number of hydrogen-bond acceptors (Lipinski definition) is 1. The van der Waals surface area contributed by atoms with Crippen LogP contribution in [0.2, 0.25) is 0 Å². The summed E-state index contributed by atoms with van der Waals surface area (Å²) in [6, 6.07) is 6.00. The Morgan fingerprint density at radius 1 is 1.27 bits per heavy atom. The van der Waals surface area contributed by atoms with Gasteiger partial charge in [0.1, 0.15) is 0 Å². The molecule has 1 aromatic carbocycles. The lowest BCUT2D eigenvalue weighted by molar-refractivity contribution is 0.198. The summed E-state index contributed by atoms with van der Waals surface area (Å²) >= 11 is 0. The number of benzene rings is 1. The fourth-order valence-corrected chi connectivity index (χ4v) is 1.23. The second-order valence-corrected chi connectivity index (χ2v) is 2.97. The van der Waals surface area contributed by atoms with Crippen LogP contribution in [-0.2, 0) is 0 Å². The van der Waals surface area contributed by atoms with Gasteiger partial charge in [-0.2, -0.15) is 0 Å². The van der Waals surface area contributed by atoms with Crippen LogP contribution in [0.4, 0.5) is 0 Å². The molecule has 1 N–H and O–H groups in total. The lowest BCUT2D eigenvalue weighted by atomic mass is 10.0. The molecule has 1 heteroatoms. The van der Waals surface area contributed by atoms with Crippen molar-refractivity contribution in [2.75, 3.05) is 0 Å². The van der Waals surface area contributed by atoms with Gasteiger partial charge in [-0.15, -0.1) is 0 Å². The normalized spacial score (nSPS) is 13.1. The largest absolute Gasteiger partial charge is 0.389 e. The van der Waals surface area contributed by atoms with Crippen molar-refractivity contribution >= 4 is 0 Å². The molecule has 1 aromatic rings. The zero-order valence-electron chi connectivity index (χ0n) is 7.26. The highest BCUT2D eigenvalue weighted by Gasteiger charge is 2.04. The smallest absolute Gasteiger partial charge is 0.0764 e. The molecule has 1 rings (SSSR count). The van der Waals surface area contributed by atoms with Gasteiger partial charge in [0.25, 0.3) is 0 Å². The van der Waals surface area contributed by atoms with Crippen LogP contribution in [0.15, 0.2) is 18.2 Å². The molecule has 1 atom stereocenters. The van der Waals surface area contributed by atoms with Gasteiger partial charge in [-0.1, -0.05) is 18.2 Å². The third kappa shape index (κ3) is 1.60. The quantitative estimate of drug-likeness (QED) is 0.651. The molecule has 0 aliphatic rings. The van der Waals surface area contributed by atoms with Crippen LogP contribution in [0.5, 0.6) is 0 Å². The molecular formula is C10H14O. The number of hydrogen-bond donors (Lipinski definition) is 1. The molecule has 0 aliphatic heterocycles. The van der Waals surface area contributed by atoms with Crippen LogP contribution >= 0.6 is 0 Å². The van der Waals surface area contributed by atoms with Crippen molar-refractivity contribution in [3.8, 4) is 0 Å². The minimum absolute atomic E-state index is 0.352. The Kier molecular flexibility index (Phi) is 2.30. The standard InChI is InChI=1S/C10H14O/c1-7-5-4-6-10(8(7)2)9(3)11/h4-6,9,11H,1-3H3/t9-/m1/s1. The van der Waals surface area contributed by atoms with E-state index in [0.717, 1.165) is 5.56 Å². The van der Waals surface area contributed by atoms with Gasteiger partial charge in [0, 0.05) is 0 Å². The predicted octanol–water partition coefficient (Wildman–Crippen LogP) is 2.36. The molecule has 0 spiro atoms. The maximum Gasteiger partial charge on any atom is 0.0764 e. The Hall–Kier alpha value is -0.820. The van der Waals surface area contributed by atoms with Crippen LogP contribution in [0.3, 0.4) is 0 Å². The first-order valence-electron chi connectivity index (χ1n) is 3.87. The number of aliphatic hydroxyl groups is 1. The molecule has 0 aromatic heterocycles. The predicted molar refractivity (Wildman–Crippen MR) is 46.5 cm³/mol. The van der Waals surface area contributed by atoms with Crippen molar-refractivity contribution in [2.45, 2.75) is 26.9 Å². The Labute approximate surface area is 67.7 Å². The van der Waals surface area contributed by atoms with Crippen molar-refractivity contribution in [2.24, 2.45) is 0 Å². The van der Waals surface area contributed by atoms with E-state index in [-0.39, 0.29) is 6.10 Å². The molecule has 0 fully saturated rings. The fraction of sp³-hybridized carbons (Fsp3) is 0.400. The van der Waals surface area contributed by atoms with Crippen LogP contribution < -0.4 is 0 Å². The second kappa shape index (κ2) is 3.05. The first kappa shape index (κ1) is 8.28. The summed E-state index contributed by atoms with van der Waals surface area (Å²) in [6.45, 7) is 5.89. The number of aryl methyl sites for hydroxylation is 1. The summed E-state index contributed by atoms with van der Waals surface area (Å²) in [6.07, 6.45) is -0.352. The maximum absolute atomic E-state index is 9.33. The summed E-state index contributed by atoms with van der Waals surface area (Å²) in [5.74, 6) is 0. The lowest BCUT2D eigenvalue weighted by Crippen LogP contribution is -1.95. The molecule has 11 heavy (non-hydrogen) atoms. The van der Waals surface area contributed by atoms with Crippen molar-refractivity contribution < 1.29 is 5.11 Å².